The van der Waals surface area contributed by atoms with E-state index in [1.807, 2.05) is 38.2 Å². The van der Waals surface area contributed by atoms with Crippen LogP contribution in [0.3, 0.4) is 0 Å². The van der Waals surface area contributed by atoms with E-state index in [2.05, 4.69) is 148 Å². The minimum Gasteiger partial charge on any atom is -0.311 e. The monoisotopic (exact) mass is 514 g/mol. The fraction of sp³-hybridized carbons (Fsp3) is 0.189. The van der Waals surface area contributed by atoms with Gasteiger partial charge in [0.05, 0.1) is 0 Å². The average Bonchev–Trinajstić information content (AvgIpc) is 2.91. The van der Waals surface area contributed by atoms with Crippen molar-refractivity contribution in [2.24, 2.45) is 0 Å². The number of hydrogen-bond acceptors (Lipinski definition) is 2. The van der Waals surface area contributed by atoms with Crippen LogP contribution in [0, 0.1) is 6.92 Å². The quantitative estimate of drug-likeness (QED) is 0.248. The molecule has 0 aliphatic rings. The van der Waals surface area contributed by atoms with Crippen LogP contribution in [-0.4, -0.2) is 0 Å². The standard InChI is InChI=1S/C37H42N2/c1-9-13-31(14-10-2)38(33-21-17-29(5)18-22-33)35-25-27-36(28-26-35)39(32(15-11-3)16-12-4)34-23-19-30(20-24-34)37(6,7)8/h9-28H,1,3H2,2,4-8H3/b14-10-,16-12-,31-13+,32-15+. The molecule has 39 heavy (non-hydrogen) atoms. The van der Waals surface area contributed by atoms with Gasteiger partial charge in [0.15, 0.2) is 0 Å². The lowest BCUT2D eigenvalue weighted by molar-refractivity contribution is 0.590. The van der Waals surface area contributed by atoms with Gasteiger partial charge in [-0.1, -0.05) is 88.1 Å². The maximum absolute atomic E-state index is 3.97. The summed E-state index contributed by atoms with van der Waals surface area (Å²) in [7, 11) is 0. The zero-order chi connectivity index (χ0) is 28.4. The van der Waals surface area contributed by atoms with Crippen molar-refractivity contribution in [1.82, 2.24) is 0 Å². The Labute approximate surface area is 236 Å². The van der Waals surface area contributed by atoms with Gasteiger partial charge in [0, 0.05) is 34.1 Å². The Morgan fingerprint density at radius 2 is 0.923 bits per heavy atom. The molecule has 0 heterocycles. The molecule has 0 amide bonds. The van der Waals surface area contributed by atoms with Gasteiger partial charge in [-0.05, 0) is 105 Å². The predicted octanol–water partition coefficient (Wildman–Crippen LogP) is 10.9. The van der Waals surface area contributed by atoms with Gasteiger partial charge in [0.25, 0.3) is 0 Å². The number of aryl methyl sites for hydroxylation is 1. The first-order valence-electron chi connectivity index (χ1n) is 13.5. The van der Waals surface area contributed by atoms with E-state index in [-0.39, 0.29) is 5.41 Å². The van der Waals surface area contributed by atoms with Crippen LogP contribution in [0.2, 0.25) is 0 Å². The zero-order valence-electron chi connectivity index (χ0n) is 24.4. The van der Waals surface area contributed by atoms with Crippen molar-refractivity contribution in [3.05, 3.63) is 157 Å². The highest BCUT2D eigenvalue weighted by Crippen LogP contribution is 2.36. The van der Waals surface area contributed by atoms with Crippen LogP contribution in [0.4, 0.5) is 22.7 Å². The molecule has 0 spiro atoms. The normalized spacial score (nSPS) is 12.7. The summed E-state index contributed by atoms with van der Waals surface area (Å²) in [5, 5.41) is 0. The van der Waals surface area contributed by atoms with Gasteiger partial charge in [-0.3, -0.25) is 0 Å². The maximum Gasteiger partial charge on any atom is 0.0463 e. The highest BCUT2D eigenvalue weighted by atomic mass is 15.2. The molecule has 3 aromatic rings. The van der Waals surface area contributed by atoms with Gasteiger partial charge in [0.2, 0.25) is 0 Å². The number of benzene rings is 3. The fourth-order valence-electron chi connectivity index (χ4n) is 4.44. The third kappa shape index (κ3) is 7.39. The summed E-state index contributed by atoms with van der Waals surface area (Å²) in [5.41, 5.74) is 9.04. The number of nitrogens with zero attached hydrogens (tertiary/aromatic N) is 2. The molecular weight excluding hydrogens is 472 g/mol. The van der Waals surface area contributed by atoms with Gasteiger partial charge >= 0.3 is 0 Å². The second kappa shape index (κ2) is 13.5. The smallest absolute Gasteiger partial charge is 0.0463 e. The average molecular weight is 515 g/mol. The second-order valence-corrected chi connectivity index (χ2v) is 10.5. The van der Waals surface area contributed by atoms with Crippen molar-refractivity contribution >= 4 is 22.7 Å². The van der Waals surface area contributed by atoms with Gasteiger partial charge in [-0.25, -0.2) is 0 Å². The maximum atomic E-state index is 3.97. The Morgan fingerprint density at radius 3 is 1.23 bits per heavy atom. The minimum atomic E-state index is 0.0944. The minimum absolute atomic E-state index is 0.0944. The fourth-order valence-corrected chi connectivity index (χ4v) is 4.44. The SMILES string of the molecule is C=C/C=C(\C=C/C)N(c1ccc(C)cc1)c1ccc(N(C(/C=C\C)=C/C=C)c2ccc(C(C)(C)C)cc2)cc1. The van der Waals surface area contributed by atoms with Crippen molar-refractivity contribution in [3.63, 3.8) is 0 Å². The number of allylic oxidation sites excluding steroid dienone is 8. The third-order valence-electron chi connectivity index (χ3n) is 6.42. The third-order valence-corrected chi connectivity index (χ3v) is 6.42. The highest BCUT2D eigenvalue weighted by Gasteiger charge is 2.18. The molecule has 200 valence electrons. The van der Waals surface area contributed by atoms with Crippen LogP contribution >= 0.6 is 0 Å². The molecule has 3 aromatic carbocycles. The van der Waals surface area contributed by atoms with Crippen LogP contribution in [0.25, 0.3) is 0 Å². The van der Waals surface area contributed by atoms with Gasteiger partial charge in [0.1, 0.15) is 0 Å². The Kier molecular flexibility index (Phi) is 10.1. The summed E-state index contributed by atoms with van der Waals surface area (Å²) >= 11 is 0. The van der Waals surface area contributed by atoms with Crippen molar-refractivity contribution < 1.29 is 0 Å². The summed E-state index contributed by atoms with van der Waals surface area (Å²) in [4.78, 5) is 4.51. The Hall–Kier alpha value is -4.30. The molecule has 0 aliphatic carbocycles. The number of rotatable bonds is 10. The molecule has 0 aromatic heterocycles. The summed E-state index contributed by atoms with van der Waals surface area (Å²) in [6.07, 6.45) is 16.1. The first kappa shape index (κ1) is 29.3. The lowest BCUT2D eigenvalue weighted by Gasteiger charge is -2.29. The molecule has 0 N–H and O–H groups in total. The Balaban J connectivity index is 2.15. The molecule has 0 aliphatic heterocycles. The van der Waals surface area contributed by atoms with Crippen LogP contribution in [-0.2, 0) is 5.41 Å². The summed E-state index contributed by atoms with van der Waals surface area (Å²) in [6, 6.07) is 26.1. The van der Waals surface area contributed by atoms with E-state index in [0.29, 0.717) is 0 Å². The zero-order valence-corrected chi connectivity index (χ0v) is 24.4. The molecule has 3 rings (SSSR count). The highest BCUT2D eigenvalue weighted by molar-refractivity contribution is 5.76. The second-order valence-electron chi connectivity index (χ2n) is 10.5. The van der Waals surface area contributed by atoms with E-state index in [4.69, 9.17) is 0 Å². The van der Waals surface area contributed by atoms with Crippen molar-refractivity contribution in [2.45, 2.75) is 47.0 Å². The van der Waals surface area contributed by atoms with Crippen molar-refractivity contribution in [2.75, 3.05) is 9.80 Å². The summed E-state index contributed by atoms with van der Waals surface area (Å²) in [5.74, 6) is 0. The lowest BCUT2D eigenvalue weighted by atomic mass is 9.87. The molecular formula is C37H42N2. The van der Waals surface area contributed by atoms with Crippen molar-refractivity contribution in [3.8, 4) is 0 Å². The van der Waals surface area contributed by atoms with Crippen LogP contribution in [0.5, 0.6) is 0 Å². The molecule has 0 radical (unpaired) electrons. The van der Waals surface area contributed by atoms with Crippen LogP contribution in [0.15, 0.2) is 146 Å². The largest absolute Gasteiger partial charge is 0.311 e. The Morgan fingerprint density at radius 1 is 0.590 bits per heavy atom. The lowest BCUT2D eigenvalue weighted by Crippen LogP contribution is -2.17. The number of hydrogen-bond donors (Lipinski definition) is 0. The van der Waals surface area contributed by atoms with E-state index >= 15 is 0 Å². The van der Waals surface area contributed by atoms with E-state index in [1.165, 1.54) is 11.1 Å². The van der Waals surface area contributed by atoms with E-state index in [9.17, 15) is 0 Å². The summed E-state index contributed by atoms with van der Waals surface area (Å²) < 4.78 is 0. The first-order chi connectivity index (χ1) is 18.7. The predicted molar refractivity (Wildman–Crippen MR) is 173 cm³/mol. The van der Waals surface area contributed by atoms with Crippen LogP contribution < -0.4 is 9.80 Å². The van der Waals surface area contributed by atoms with Crippen molar-refractivity contribution in [1.29, 1.82) is 0 Å². The summed E-state index contributed by atoms with van der Waals surface area (Å²) in [6.45, 7) is 20.8. The van der Waals surface area contributed by atoms with Gasteiger partial charge in [-0.2, -0.15) is 0 Å². The van der Waals surface area contributed by atoms with Gasteiger partial charge in [-0.15, -0.1) is 0 Å². The molecule has 0 atom stereocenters. The van der Waals surface area contributed by atoms with Crippen LogP contribution in [0.1, 0.15) is 45.7 Å². The van der Waals surface area contributed by atoms with E-state index in [0.717, 1.165) is 34.1 Å². The molecule has 0 unspecified atom stereocenters. The topological polar surface area (TPSA) is 6.48 Å². The van der Waals surface area contributed by atoms with E-state index < -0.39 is 0 Å². The number of anilines is 4. The molecule has 0 saturated carbocycles. The van der Waals surface area contributed by atoms with Gasteiger partial charge < -0.3 is 9.80 Å². The molecule has 2 nitrogen and oxygen atoms in total. The molecule has 0 bridgehead atoms. The molecule has 0 fully saturated rings. The molecule has 0 saturated heterocycles. The molecule has 2 heteroatoms. The van der Waals surface area contributed by atoms with E-state index in [1.54, 1.807) is 0 Å². The Bertz CT molecular complexity index is 1360. The first-order valence-corrected chi connectivity index (χ1v) is 13.5.